The van der Waals surface area contributed by atoms with E-state index in [0.717, 1.165) is 47.0 Å². The molecule has 152 valence electrons. The van der Waals surface area contributed by atoms with Crippen LogP contribution in [0.25, 0.3) is 16.3 Å². The van der Waals surface area contributed by atoms with Crippen LogP contribution in [0.1, 0.15) is 31.9 Å². The maximum Gasteiger partial charge on any atom is 0.252 e. The molecule has 0 saturated carbocycles. The van der Waals surface area contributed by atoms with Crippen LogP contribution in [0.5, 0.6) is 0 Å². The average Bonchev–Trinajstić information content (AvgIpc) is 3.18. The highest BCUT2D eigenvalue weighted by Gasteiger charge is 2.18. The van der Waals surface area contributed by atoms with Crippen molar-refractivity contribution in [2.75, 3.05) is 31.1 Å². The number of anilines is 1. The highest BCUT2D eigenvalue weighted by atomic mass is 32.1. The minimum absolute atomic E-state index is 0.0317. The maximum atomic E-state index is 13.1. The van der Waals surface area contributed by atoms with E-state index < -0.39 is 0 Å². The number of aromatic nitrogens is 1. The number of benzene rings is 2. The summed E-state index contributed by atoms with van der Waals surface area (Å²) in [4.78, 5) is 22.0. The minimum atomic E-state index is -0.0317. The molecule has 1 amide bonds. The van der Waals surface area contributed by atoms with Gasteiger partial charge < -0.3 is 4.90 Å². The van der Waals surface area contributed by atoms with Crippen molar-refractivity contribution in [3.8, 4) is 0 Å². The third-order valence-electron chi connectivity index (χ3n) is 5.10. The fourth-order valence-electron chi connectivity index (χ4n) is 3.20. The Morgan fingerprint density at radius 3 is 2.48 bits per heavy atom. The Morgan fingerprint density at radius 1 is 1.03 bits per heavy atom. The molecule has 0 spiro atoms. The molecule has 0 radical (unpaired) electrons. The molecule has 0 bridgehead atoms. The smallest absolute Gasteiger partial charge is 0.252 e. The molecule has 0 aliphatic rings. The van der Waals surface area contributed by atoms with Crippen LogP contribution in [0.3, 0.4) is 0 Å². The Hall–Kier alpha value is -2.50. The van der Waals surface area contributed by atoms with Gasteiger partial charge in [0.1, 0.15) is 0 Å². The molecule has 29 heavy (non-hydrogen) atoms. The molecular weight excluding hydrogens is 378 g/mol. The molecule has 5 heteroatoms. The van der Waals surface area contributed by atoms with E-state index in [9.17, 15) is 4.79 Å². The highest BCUT2D eigenvalue weighted by molar-refractivity contribution is 7.22. The lowest BCUT2D eigenvalue weighted by atomic mass is 10.2. The highest BCUT2D eigenvalue weighted by Crippen LogP contribution is 2.30. The number of amides is 1. The summed E-state index contributed by atoms with van der Waals surface area (Å²) in [6, 6.07) is 16.3. The molecule has 1 heterocycles. The van der Waals surface area contributed by atoms with Gasteiger partial charge in [0.15, 0.2) is 5.13 Å². The van der Waals surface area contributed by atoms with E-state index in [1.165, 1.54) is 5.56 Å². The van der Waals surface area contributed by atoms with Crippen LogP contribution < -0.4 is 4.90 Å². The van der Waals surface area contributed by atoms with Gasteiger partial charge in [-0.2, -0.15) is 0 Å². The fraction of sp³-hybridized carbons (Fsp3) is 0.333. The number of carbonyl (C=O) groups excluding carboxylic acids is 1. The second kappa shape index (κ2) is 10.3. The quantitative estimate of drug-likeness (QED) is 0.455. The Morgan fingerprint density at radius 2 is 1.79 bits per heavy atom. The molecule has 0 saturated heterocycles. The standard InChI is InChI=1S/C24H29N3OS/c1-4-19-12-14-21-22(18-19)29-24(25-21)27(17-16-26(5-2)6-3)23(28)15-13-20-10-8-7-9-11-20/h7-15,18H,4-6,16-17H2,1-3H3. The molecule has 0 N–H and O–H groups in total. The SMILES string of the molecule is CCc1ccc2nc(N(CCN(CC)CC)C(=O)C=Cc3ccccc3)sc2c1. The van der Waals surface area contributed by atoms with Gasteiger partial charge in [-0.25, -0.2) is 4.98 Å². The van der Waals surface area contributed by atoms with Crippen molar-refractivity contribution in [3.63, 3.8) is 0 Å². The number of rotatable bonds is 9. The normalized spacial score (nSPS) is 11.6. The molecule has 3 rings (SSSR count). The second-order valence-corrected chi connectivity index (χ2v) is 7.92. The van der Waals surface area contributed by atoms with Gasteiger partial charge in [0.05, 0.1) is 10.2 Å². The molecule has 0 aliphatic carbocycles. The number of hydrogen-bond acceptors (Lipinski definition) is 4. The summed E-state index contributed by atoms with van der Waals surface area (Å²) >= 11 is 1.59. The van der Waals surface area contributed by atoms with Crippen LogP contribution in [0, 0.1) is 0 Å². The van der Waals surface area contributed by atoms with Gasteiger partial charge in [0.25, 0.3) is 5.91 Å². The molecular formula is C24H29N3OS. The van der Waals surface area contributed by atoms with Crippen LogP contribution in [-0.2, 0) is 11.2 Å². The molecule has 0 atom stereocenters. The topological polar surface area (TPSA) is 36.4 Å². The summed E-state index contributed by atoms with van der Waals surface area (Å²) < 4.78 is 1.13. The van der Waals surface area contributed by atoms with Crippen molar-refractivity contribution in [1.29, 1.82) is 0 Å². The number of likely N-dealkylation sites (N-methyl/N-ethyl adjacent to an activating group) is 1. The van der Waals surface area contributed by atoms with Gasteiger partial charge in [-0.1, -0.05) is 68.5 Å². The van der Waals surface area contributed by atoms with Gasteiger partial charge in [0, 0.05) is 19.2 Å². The van der Waals surface area contributed by atoms with Crippen molar-refractivity contribution in [3.05, 3.63) is 65.7 Å². The summed E-state index contributed by atoms with van der Waals surface area (Å²) in [5.41, 5.74) is 3.26. The van der Waals surface area contributed by atoms with Gasteiger partial charge in [0.2, 0.25) is 0 Å². The van der Waals surface area contributed by atoms with Gasteiger partial charge >= 0.3 is 0 Å². The van der Waals surface area contributed by atoms with Crippen LogP contribution in [-0.4, -0.2) is 42.0 Å². The van der Waals surface area contributed by atoms with E-state index in [1.807, 2.05) is 41.3 Å². The van der Waals surface area contributed by atoms with Crippen molar-refractivity contribution in [2.45, 2.75) is 27.2 Å². The first-order valence-corrected chi connectivity index (χ1v) is 11.1. The summed E-state index contributed by atoms with van der Waals surface area (Å²) in [5, 5.41) is 0.767. The summed E-state index contributed by atoms with van der Waals surface area (Å²) in [7, 11) is 0. The van der Waals surface area contributed by atoms with E-state index >= 15 is 0 Å². The Kier molecular flexibility index (Phi) is 7.55. The zero-order valence-electron chi connectivity index (χ0n) is 17.5. The third-order valence-corrected chi connectivity index (χ3v) is 6.14. The van der Waals surface area contributed by atoms with E-state index in [2.05, 4.69) is 43.9 Å². The zero-order valence-corrected chi connectivity index (χ0v) is 18.3. The Balaban J connectivity index is 1.87. The van der Waals surface area contributed by atoms with Gasteiger partial charge in [-0.05, 0) is 48.8 Å². The first-order valence-electron chi connectivity index (χ1n) is 10.3. The number of thiazole rings is 1. The summed E-state index contributed by atoms with van der Waals surface area (Å²) in [6.45, 7) is 9.84. The van der Waals surface area contributed by atoms with E-state index in [1.54, 1.807) is 17.4 Å². The molecule has 3 aromatic rings. The van der Waals surface area contributed by atoms with E-state index in [0.29, 0.717) is 6.54 Å². The molecule has 2 aromatic carbocycles. The van der Waals surface area contributed by atoms with Crippen LogP contribution >= 0.6 is 11.3 Å². The molecule has 0 unspecified atom stereocenters. The van der Waals surface area contributed by atoms with Gasteiger partial charge in [-0.15, -0.1) is 0 Å². The van der Waals surface area contributed by atoms with Crippen molar-refractivity contribution >= 4 is 38.7 Å². The zero-order chi connectivity index (χ0) is 20.6. The maximum absolute atomic E-state index is 13.1. The van der Waals surface area contributed by atoms with Gasteiger partial charge in [-0.3, -0.25) is 9.69 Å². The van der Waals surface area contributed by atoms with Crippen molar-refractivity contribution in [1.82, 2.24) is 9.88 Å². The summed E-state index contributed by atoms with van der Waals surface area (Å²) in [5.74, 6) is -0.0317. The number of fused-ring (bicyclic) bond motifs is 1. The van der Waals surface area contributed by atoms with E-state index in [-0.39, 0.29) is 5.91 Å². The summed E-state index contributed by atoms with van der Waals surface area (Å²) in [6.07, 6.45) is 4.52. The Bertz CT molecular complexity index is 961. The van der Waals surface area contributed by atoms with Crippen LogP contribution in [0.4, 0.5) is 5.13 Å². The predicted octanol–water partition coefficient (Wildman–Crippen LogP) is 5.25. The van der Waals surface area contributed by atoms with Crippen LogP contribution in [0.2, 0.25) is 0 Å². The fourth-order valence-corrected chi connectivity index (χ4v) is 4.26. The lowest BCUT2D eigenvalue weighted by molar-refractivity contribution is -0.114. The molecule has 0 aliphatic heterocycles. The number of nitrogens with zero attached hydrogens (tertiary/aromatic N) is 3. The molecule has 1 aromatic heterocycles. The van der Waals surface area contributed by atoms with Crippen molar-refractivity contribution in [2.24, 2.45) is 0 Å². The van der Waals surface area contributed by atoms with Crippen molar-refractivity contribution < 1.29 is 4.79 Å². The second-order valence-electron chi connectivity index (χ2n) is 6.91. The number of aryl methyl sites for hydroxylation is 1. The lowest BCUT2D eigenvalue weighted by Gasteiger charge is -2.23. The first kappa shape index (κ1) is 21.2. The van der Waals surface area contributed by atoms with E-state index in [4.69, 9.17) is 4.98 Å². The molecule has 4 nitrogen and oxygen atoms in total. The third kappa shape index (κ3) is 5.52. The molecule has 0 fully saturated rings. The first-order chi connectivity index (χ1) is 14.1. The predicted molar refractivity (Wildman–Crippen MR) is 125 cm³/mol. The number of carbonyl (C=O) groups is 1. The number of hydrogen-bond donors (Lipinski definition) is 0. The Labute approximate surface area is 177 Å². The largest absolute Gasteiger partial charge is 0.302 e. The lowest BCUT2D eigenvalue weighted by Crippen LogP contribution is -2.38. The monoisotopic (exact) mass is 407 g/mol. The average molecular weight is 408 g/mol. The minimum Gasteiger partial charge on any atom is -0.302 e. The van der Waals surface area contributed by atoms with Crippen LogP contribution in [0.15, 0.2) is 54.6 Å².